The van der Waals surface area contributed by atoms with E-state index in [9.17, 15) is 23.1 Å². The minimum Gasteiger partial charge on any atom is -0.478 e. The van der Waals surface area contributed by atoms with Crippen LogP contribution in [0, 0.1) is 11.8 Å². The molecule has 0 saturated heterocycles. The molecule has 24 heavy (non-hydrogen) atoms. The summed E-state index contributed by atoms with van der Waals surface area (Å²) in [5, 5.41) is 18.4. The van der Waals surface area contributed by atoms with Gasteiger partial charge in [-0.1, -0.05) is 23.4 Å². The Kier molecular flexibility index (Phi) is 5.11. The zero-order chi connectivity index (χ0) is 18.1. The molecule has 2 N–H and O–H groups in total. The molecule has 0 radical (unpaired) electrons. The smallest absolute Gasteiger partial charge is 0.430 e. The van der Waals surface area contributed by atoms with Gasteiger partial charge in [0.25, 0.3) is 0 Å². The van der Waals surface area contributed by atoms with Gasteiger partial charge in [0.15, 0.2) is 0 Å². The third-order valence-corrected chi connectivity index (χ3v) is 3.29. The van der Waals surface area contributed by atoms with Crippen molar-refractivity contribution in [3.05, 3.63) is 33.9 Å². The average Bonchev–Trinajstić information content (AvgIpc) is 2.44. The summed E-state index contributed by atoms with van der Waals surface area (Å²) in [4.78, 5) is 11.1. The summed E-state index contributed by atoms with van der Waals surface area (Å²) in [6, 6.07) is 2.62. The molecule has 0 aliphatic carbocycles. The molecule has 2 atom stereocenters. The molecule has 1 aliphatic heterocycles. The minimum absolute atomic E-state index is 0.0908. The van der Waals surface area contributed by atoms with Crippen molar-refractivity contribution in [1.82, 2.24) is 0 Å². The van der Waals surface area contributed by atoms with Crippen molar-refractivity contribution in [3.8, 4) is 17.6 Å². The largest absolute Gasteiger partial charge is 0.478 e. The first-order chi connectivity index (χ1) is 11.1. The van der Waals surface area contributed by atoms with Crippen molar-refractivity contribution in [2.45, 2.75) is 31.7 Å². The van der Waals surface area contributed by atoms with Gasteiger partial charge in [-0.2, -0.15) is 13.2 Å². The van der Waals surface area contributed by atoms with Gasteiger partial charge in [-0.15, -0.1) is 0 Å². The lowest BCUT2D eigenvalue weighted by atomic mass is 9.99. The molecule has 1 heterocycles. The lowest BCUT2D eigenvalue weighted by Crippen LogP contribution is -2.40. The van der Waals surface area contributed by atoms with Crippen molar-refractivity contribution < 1.29 is 32.9 Å². The van der Waals surface area contributed by atoms with Gasteiger partial charge < -0.3 is 14.9 Å². The molecule has 1 aromatic rings. The van der Waals surface area contributed by atoms with Crippen molar-refractivity contribution in [2.24, 2.45) is 0 Å². The number of aliphatic hydroxyl groups is 1. The Morgan fingerprint density at radius 1 is 1.46 bits per heavy atom. The third kappa shape index (κ3) is 4.02. The fraction of sp³-hybridized carbons (Fsp3) is 0.312. The van der Waals surface area contributed by atoms with E-state index in [4.69, 9.17) is 21.4 Å². The molecule has 0 saturated carbocycles. The second kappa shape index (κ2) is 6.75. The summed E-state index contributed by atoms with van der Waals surface area (Å²) in [6.45, 7) is 1.51. The number of benzene rings is 1. The highest BCUT2D eigenvalue weighted by Gasteiger charge is 2.48. The van der Waals surface area contributed by atoms with Crippen LogP contribution in [0.5, 0.6) is 5.75 Å². The second-order valence-corrected chi connectivity index (χ2v) is 5.61. The SMILES string of the molecule is CC(O)CC#Cc1cc(Cl)cc2c1OC(C(F)(F)F)C(C(=O)O)=C2. The number of aliphatic hydroxyl groups excluding tert-OH is 1. The van der Waals surface area contributed by atoms with Crippen LogP contribution in [0.1, 0.15) is 24.5 Å². The number of aliphatic carboxylic acids is 1. The Morgan fingerprint density at radius 3 is 2.67 bits per heavy atom. The van der Waals surface area contributed by atoms with Crippen LogP contribution in [0.4, 0.5) is 13.2 Å². The van der Waals surface area contributed by atoms with E-state index in [2.05, 4.69) is 11.8 Å². The number of rotatable bonds is 2. The van der Waals surface area contributed by atoms with E-state index < -0.39 is 29.9 Å². The number of carboxylic acid groups (broad SMARTS) is 1. The lowest BCUT2D eigenvalue weighted by Gasteiger charge is -2.27. The lowest BCUT2D eigenvalue weighted by molar-refractivity contribution is -0.187. The van der Waals surface area contributed by atoms with Crippen molar-refractivity contribution >= 4 is 23.6 Å². The standard InChI is InChI=1S/C16H12ClF3O4/c1-8(21)3-2-4-9-5-11(17)6-10-7-12(15(22)23)14(16(18,19)20)24-13(9)10/h5-8,14,21H,3H2,1H3,(H,22,23). The molecule has 4 nitrogen and oxygen atoms in total. The number of fused-ring (bicyclic) bond motifs is 1. The van der Waals surface area contributed by atoms with E-state index in [1.165, 1.54) is 19.1 Å². The first kappa shape index (κ1) is 18.2. The maximum atomic E-state index is 13.1. The van der Waals surface area contributed by atoms with Gasteiger partial charge in [0.1, 0.15) is 5.75 Å². The molecule has 2 unspecified atom stereocenters. The third-order valence-electron chi connectivity index (χ3n) is 3.08. The molecular weight excluding hydrogens is 349 g/mol. The zero-order valence-corrected chi connectivity index (χ0v) is 13.1. The number of halogens is 4. The minimum atomic E-state index is -4.90. The van der Waals surface area contributed by atoms with Crippen LogP contribution < -0.4 is 4.74 Å². The van der Waals surface area contributed by atoms with Gasteiger partial charge >= 0.3 is 12.1 Å². The maximum Gasteiger partial charge on any atom is 0.430 e. The van der Waals surface area contributed by atoms with Gasteiger partial charge in [0.2, 0.25) is 6.10 Å². The molecular formula is C16H12ClF3O4. The molecule has 0 spiro atoms. The second-order valence-electron chi connectivity index (χ2n) is 5.17. The highest BCUT2D eigenvalue weighted by molar-refractivity contribution is 6.31. The zero-order valence-electron chi connectivity index (χ0n) is 12.3. The highest BCUT2D eigenvalue weighted by Crippen LogP contribution is 2.40. The summed E-state index contributed by atoms with van der Waals surface area (Å²) in [5.41, 5.74) is -0.741. The Balaban J connectivity index is 2.56. The van der Waals surface area contributed by atoms with Crippen molar-refractivity contribution in [3.63, 3.8) is 0 Å². The van der Waals surface area contributed by atoms with Crippen LogP contribution in [0.25, 0.3) is 6.08 Å². The molecule has 2 rings (SSSR count). The van der Waals surface area contributed by atoms with Crippen molar-refractivity contribution in [2.75, 3.05) is 0 Å². The van der Waals surface area contributed by atoms with E-state index in [0.29, 0.717) is 0 Å². The molecule has 8 heteroatoms. The number of ether oxygens (including phenoxy) is 1. The number of alkyl halides is 3. The number of carboxylic acids is 1. The quantitative estimate of drug-likeness (QED) is 0.794. The Hall–Kier alpha value is -2.17. The normalized spacial score (nSPS) is 17.8. The van der Waals surface area contributed by atoms with Crippen LogP contribution in [-0.2, 0) is 4.79 Å². The van der Waals surface area contributed by atoms with Crippen LogP contribution in [0.15, 0.2) is 17.7 Å². The first-order valence-electron chi connectivity index (χ1n) is 6.78. The molecule has 0 aromatic heterocycles. The number of hydrogen-bond donors (Lipinski definition) is 2. The Bertz CT molecular complexity index is 757. The Morgan fingerprint density at radius 2 is 2.12 bits per heavy atom. The van der Waals surface area contributed by atoms with E-state index in [1.807, 2.05) is 0 Å². The van der Waals surface area contributed by atoms with Gasteiger partial charge in [0, 0.05) is 17.0 Å². The first-order valence-corrected chi connectivity index (χ1v) is 7.16. The van der Waals surface area contributed by atoms with E-state index >= 15 is 0 Å². The molecule has 1 aromatic carbocycles. The van der Waals surface area contributed by atoms with Gasteiger partial charge in [-0.3, -0.25) is 0 Å². The molecule has 0 fully saturated rings. The summed E-state index contributed by atoms with van der Waals surface area (Å²) in [6.07, 6.45) is -7.20. The maximum absolute atomic E-state index is 13.1. The van der Waals surface area contributed by atoms with Gasteiger partial charge in [-0.25, -0.2) is 4.79 Å². The molecule has 128 valence electrons. The monoisotopic (exact) mass is 360 g/mol. The van der Waals surface area contributed by atoms with Gasteiger partial charge in [-0.05, 0) is 25.1 Å². The Labute approximate surface area is 140 Å². The van der Waals surface area contributed by atoms with Crippen molar-refractivity contribution in [1.29, 1.82) is 0 Å². The molecule has 0 amide bonds. The molecule has 1 aliphatic rings. The van der Waals surface area contributed by atoms with E-state index in [-0.39, 0.29) is 28.3 Å². The van der Waals surface area contributed by atoms with Crippen LogP contribution in [0.2, 0.25) is 5.02 Å². The van der Waals surface area contributed by atoms with Crippen LogP contribution in [-0.4, -0.2) is 34.6 Å². The predicted octanol–water partition coefficient (Wildman–Crippen LogP) is 3.25. The fourth-order valence-corrected chi connectivity index (χ4v) is 2.31. The van der Waals surface area contributed by atoms with Crippen LogP contribution >= 0.6 is 11.6 Å². The topological polar surface area (TPSA) is 66.8 Å². The number of carbonyl (C=O) groups is 1. The van der Waals surface area contributed by atoms with Gasteiger partial charge in [0.05, 0.1) is 17.2 Å². The fourth-order valence-electron chi connectivity index (χ4n) is 2.08. The predicted molar refractivity (Wildman–Crippen MR) is 80.7 cm³/mol. The summed E-state index contributed by atoms with van der Waals surface area (Å²) in [5.74, 6) is 3.28. The van der Waals surface area contributed by atoms with E-state index in [1.54, 1.807) is 0 Å². The summed E-state index contributed by atoms with van der Waals surface area (Å²) in [7, 11) is 0. The highest BCUT2D eigenvalue weighted by atomic mass is 35.5. The van der Waals surface area contributed by atoms with Crippen LogP contribution in [0.3, 0.4) is 0 Å². The molecule has 0 bridgehead atoms. The summed E-state index contributed by atoms with van der Waals surface area (Å²) < 4.78 is 44.2. The number of hydrogen-bond acceptors (Lipinski definition) is 3. The summed E-state index contributed by atoms with van der Waals surface area (Å²) >= 11 is 5.91. The van der Waals surface area contributed by atoms with E-state index in [0.717, 1.165) is 6.08 Å². The average molecular weight is 361 g/mol.